The van der Waals surface area contributed by atoms with E-state index in [0.29, 0.717) is 16.7 Å². The second-order valence-corrected chi connectivity index (χ2v) is 9.48. The highest BCUT2D eigenvalue weighted by molar-refractivity contribution is 7.98. The number of rotatable bonds is 5. The van der Waals surface area contributed by atoms with Crippen molar-refractivity contribution < 1.29 is 4.79 Å². The van der Waals surface area contributed by atoms with Crippen LogP contribution in [-0.4, -0.2) is 22.0 Å². The first-order valence-electron chi connectivity index (χ1n) is 9.11. The Morgan fingerprint density at radius 1 is 0.818 bits per heavy atom. The smallest absolute Gasteiger partial charge is 0.211 e. The summed E-state index contributed by atoms with van der Waals surface area (Å²) in [6.45, 7) is 0. The fourth-order valence-electron chi connectivity index (χ4n) is 4.10. The van der Waals surface area contributed by atoms with Crippen molar-refractivity contribution in [1.29, 1.82) is 0 Å². The highest BCUT2D eigenvalue weighted by atomic mass is 32.2. The minimum atomic E-state index is 0.323. The summed E-state index contributed by atoms with van der Waals surface area (Å²) in [6, 6.07) is 9.97. The molecule has 120 valence electrons. The van der Waals surface area contributed by atoms with Crippen LogP contribution in [0.2, 0.25) is 0 Å². The number of hydrogen-bond donors (Lipinski definition) is 0. The molecule has 22 heavy (non-hydrogen) atoms. The molecule has 2 fully saturated rings. The fraction of sp³-hybridized carbons (Fsp3) is 0.650. The molecule has 1 aromatic carbocycles. The molecular formula is C20H29OS+. The Kier molecular flexibility index (Phi) is 6.00. The topological polar surface area (TPSA) is 17.1 Å². The number of hydrogen-bond acceptors (Lipinski definition) is 1. The molecule has 0 radical (unpaired) electrons. The first-order chi connectivity index (χ1) is 10.8. The average Bonchev–Trinajstić information content (AvgIpc) is 2.62. The predicted octanol–water partition coefficient (Wildman–Crippen LogP) is 5.15. The van der Waals surface area contributed by atoms with Crippen LogP contribution in [0.1, 0.15) is 74.6 Å². The van der Waals surface area contributed by atoms with E-state index in [0.717, 1.165) is 21.8 Å². The van der Waals surface area contributed by atoms with Crippen LogP contribution < -0.4 is 0 Å². The molecule has 0 N–H and O–H groups in total. The lowest BCUT2D eigenvalue weighted by Gasteiger charge is -2.30. The van der Waals surface area contributed by atoms with E-state index < -0.39 is 0 Å². The molecule has 0 aliphatic heterocycles. The Balaban J connectivity index is 1.71. The third-order valence-corrected chi connectivity index (χ3v) is 8.61. The van der Waals surface area contributed by atoms with Crippen LogP contribution in [0.25, 0.3) is 0 Å². The van der Waals surface area contributed by atoms with E-state index in [2.05, 4.69) is 0 Å². The van der Waals surface area contributed by atoms with Crippen molar-refractivity contribution in [3.05, 3.63) is 35.9 Å². The number of Topliss-reactive ketones (excluding diaryl/α,β-unsaturated/α-hetero) is 1. The zero-order valence-electron chi connectivity index (χ0n) is 13.6. The minimum absolute atomic E-state index is 0.323. The average molecular weight is 318 g/mol. The van der Waals surface area contributed by atoms with E-state index in [1.165, 1.54) is 64.2 Å². The van der Waals surface area contributed by atoms with E-state index in [9.17, 15) is 4.79 Å². The molecular weight excluding hydrogens is 288 g/mol. The van der Waals surface area contributed by atoms with Crippen molar-refractivity contribution in [2.24, 2.45) is 0 Å². The molecule has 0 saturated heterocycles. The number of ketones is 1. The zero-order valence-corrected chi connectivity index (χ0v) is 14.5. The van der Waals surface area contributed by atoms with Crippen molar-refractivity contribution in [3.63, 3.8) is 0 Å². The lowest BCUT2D eigenvalue weighted by Crippen LogP contribution is -2.39. The molecule has 0 unspecified atom stereocenters. The Labute approximate surface area is 138 Å². The van der Waals surface area contributed by atoms with Gasteiger partial charge in [-0.1, -0.05) is 43.2 Å². The fourth-order valence-corrected chi connectivity index (χ4v) is 7.47. The lowest BCUT2D eigenvalue weighted by molar-refractivity contribution is 0.102. The van der Waals surface area contributed by atoms with Gasteiger partial charge in [-0.15, -0.1) is 0 Å². The quantitative estimate of drug-likeness (QED) is 0.542. The number of carbonyl (C=O) groups is 1. The van der Waals surface area contributed by atoms with Gasteiger partial charge in [-0.2, -0.15) is 0 Å². The molecule has 0 amide bonds. The number of carbonyl (C=O) groups excluding carboxylic acids is 1. The lowest BCUT2D eigenvalue weighted by atomic mass is 10.00. The molecule has 2 aliphatic rings. The molecule has 0 aromatic heterocycles. The van der Waals surface area contributed by atoms with Crippen LogP contribution in [0.5, 0.6) is 0 Å². The zero-order chi connectivity index (χ0) is 15.2. The van der Waals surface area contributed by atoms with Gasteiger partial charge in [-0.05, 0) is 51.4 Å². The third kappa shape index (κ3) is 4.16. The number of benzene rings is 1. The van der Waals surface area contributed by atoms with E-state index in [1.54, 1.807) is 0 Å². The molecule has 2 saturated carbocycles. The van der Waals surface area contributed by atoms with Crippen molar-refractivity contribution in [1.82, 2.24) is 0 Å². The van der Waals surface area contributed by atoms with E-state index in [1.807, 2.05) is 30.3 Å². The standard InChI is InChI=1S/C20H29OS/c21-20(17-10-4-1-5-11-17)16-22(18-12-6-2-7-13-18)19-14-8-3-9-15-19/h1,4-5,10-11,18-19H,2-3,6-9,12-16H2/q+1. The molecule has 0 atom stereocenters. The summed E-state index contributed by atoms with van der Waals surface area (Å²) in [5.41, 5.74) is 0.923. The van der Waals surface area contributed by atoms with E-state index in [-0.39, 0.29) is 0 Å². The summed E-state index contributed by atoms with van der Waals surface area (Å²) in [7, 11) is 0.323. The Hall–Kier alpha value is -0.760. The summed E-state index contributed by atoms with van der Waals surface area (Å²) in [6.07, 6.45) is 13.9. The van der Waals surface area contributed by atoms with Crippen LogP contribution in [0.3, 0.4) is 0 Å². The molecule has 0 spiro atoms. The summed E-state index contributed by atoms with van der Waals surface area (Å²) in [4.78, 5) is 12.7. The Bertz CT molecular complexity index is 440. The summed E-state index contributed by atoms with van der Waals surface area (Å²) in [5, 5.41) is 1.68. The summed E-state index contributed by atoms with van der Waals surface area (Å²) < 4.78 is 0. The van der Waals surface area contributed by atoms with Crippen molar-refractivity contribution >= 4 is 16.7 Å². The summed E-state index contributed by atoms with van der Waals surface area (Å²) >= 11 is 0. The van der Waals surface area contributed by atoms with Gasteiger partial charge in [-0.3, -0.25) is 4.79 Å². The maximum atomic E-state index is 12.7. The van der Waals surface area contributed by atoms with Gasteiger partial charge >= 0.3 is 0 Å². The van der Waals surface area contributed by atoms with Crippen LogP contribution in [0, 0.1) is 0 Å². The molecule has 0 bridgehead atoms. The van der Waals surface area contributed by atoms with Crippen LogP contribution >= 0.6 is 0 Å². The monoisotopic (exact) mass is 317 g/mol. The van der Waals surface area contributed by atoms with Gasteiger partial charge in [0.2, 0.25) is 5.78 Å². The van der Waals surface area contributed by atoms with Gasteiger partial charge in [-0.25, -0.2) is 0 Å². The van der Waals surface area contributed by atoms with Crippen molar-refractivity contribution in [3.8, 4) is 0 Å². The molecule has 2 heteroatoms. The molecule has 3 rings (SSSR count). The van der Waals surface area contributed by atoms with Gasteiger partial charge < -0.3 is 0 Å². The Morgan fingerprint density at radius 2 is 1.32 bits per heavy atom. The highest BCUT2D eigenvalue weighted by Gasteiger charge is 2.40. The Morgan fingerprint density at radius 3 is 1.82 bits per heavy atom. The second kappa shape index (κ2) is 8.19. The first kappa shape index (κ1) is 16.1. The maximum Gasteiger partial charge on any atom is 0.211 e. The maximum absolute atomic E-state index is 12.7. The van der Waals surface area contributed by atoms with Crippen molar-refractivity contribution in [2.45, 2.75) is 74.7 Å². The second-order valence-electron chi connectivity index (χ2n) is 6.92. The summed E-state index contributed by atoms with van der Waals surface area (Å²) in [5.74, 6) is 1.21. The SMILES string of the molecule is O=C(C[S+](C1CCCCC1)C1CCCCC1)c1ccccc1. The van der Waals surface area contributed by atoms with E-state index >= 15 is 0 Å². The van der Waals surface area contributed by atoms with Gasteiger partial charge in [0.05, 0.1) is 0 Å². The largest absolute Gasteiger partial charge is 0.289 e. The molecule has 1 aromatic rings. The predicted molar refractivity (Wildman–Crippen MR) is 96.8 cm³/mol. The molecule has 0 heterocycles. The van der Waals surface area contributed by atoms with Gasteiger partial charge in [0.15, 0.2) is 5.75 Å². The molecule has 2 aliphatic carbocycles. The van der Waals surface area contributed by atoms with Crippen LogP contribution in [0.15, 0.2) is 30.3 Å². The van der Waals surface area contributed by atoms with Gasteiger partial charge in [0.25, 0.3) is 0 Å². The van der Waals surface area contributed by atoms with Crippen molar-refractivity contribution in [2.75, 3.05) is 5.75 Å². The van der Waals surface area contributed by atoms with Gasteiger partial charge in [0, 0.05) is 16.5 Å². The normalized spacial score (nSPS) is 21.1. The highest BCUT2D eigenvalue weighted by Crippen LogP contribution is 2.34. The van der Waals surface area contributed by atoms with Crippen LogP contribution in [0.4, 0.5) is 0 Å². The van der Waals surface area contributed by atoms with E-state index in [4.69, 9.17) is 0 Å². The molecule has 1 nitrogen and oxygen atoms in total. The van der Waals surface area contributed by atoms with Gasteiger partial charge in [0.1, 0.15) is 10.5 Å². The third-order valence-electron chi connectivity index (χ3n) is 5.35. The first-order valence-corrected chi connectivity index (χ1v) is 10.6. The minimum Gasteiger partial charge on any atom is -0.289 e. The van der Waals surface area contributed by atoms with Crippen LogP contribution in [-0.2, 0) is 10.9 Å².